The van der Waals surface area contributed by atoms with Gasteiger partial charge in [-0.25, -0.2) is 4.68 Å². The molecule has 0 unspecified atom stereocenters. The zero-order valence-electron chi connectivity index (χ0n) is 11.8. The maximum Gasteiger partial charge on any atom is 0.269 e. The third kappa shape index (κ3) is 4.52. The van der Waals surface area contributed by atoms with Crippen molar-refractivity contribution < 1.29 is 9.72 Å². The van der Waals surface area contributed by atoms with Crippen LogP contribution in [0.3, 0.4) is 0 Å². The van der Waals surface area contributed by atoms with Crippen LogP contribution in [0.1, 0.15) is 12.8 Å². The number of carbonyl (C=O) groups is 1. The number of tetrazole rings is 1. The number of rotatable bonds is 7. The Balaban J connectivity index is 1.71. The van der Waals surface area contributed by atoms with Crippen LogP contribution in [0.2, 0.25) is 0 Å². The maximum atomic E-state index is 11.8. The van der Waals surface area contributed by atoms with Gasteiger partial charge in [0.1, 0.15) is 0 Å². The minimum Gasteiger partial charge on any atom is -0.326 e. The van der Waals surface area contributed by atoms with Crippen molar-refractivity contribution in [2.75, 3.05) is 11.1 Å². The zero-order chi connectivity index (χ0) is 15.9. The fourth-order valence-electron chi connectivity index (χ4n) is 1.63. The minimum absolute atomic E-state index is 0.00770. The van der Waals surface area contributed by atoms with Gasteiger partial charge in [0.2, 0.25) is 11.1 Å². The molecule has 22 heavy (non-hydrogen) atoms. The van der Waals surface area contributed by atoms with Gasteiger partial charge in [0.15, 0.2) is 0 Å². The third-order valence-corrected chi connectivity index (χ3v) is 3.82. The standard InChI is InChI=1S/C12H14N6O3S/c1-17-12(14-15-16-17)22-8-2-3-11(19)13-9-4-6-10(7-5-9)18(20)21/h4-7H,2-3,8H2,1H3,(H,13,19). The topological polar surface area (TPSA) is 116 Å². The van der Waals surface area contributed by atoms with Gasteiger partial charge >= 0.3 is 0 Å². The molecule has 0 aliphatic carbocycles. The minimum atomic E-state index is -0.482. The van der Waals surface area contributed by atoms with Gasteiger partial charge in [-0.2, -0.15) is 0 Å². The van der Waals surface area contributed by atoms with Crippen molar-refractivity contribution >= 4 is 29.0 Å². The Labute approximate surface area is 130 Å². The number of amides is 1. The molecule has 0 radical (unpaired) electrons. The van der Waals surface area contributed by atoms with Crippen LogP contribution in [0.5, 0.6) is 0 Å². The van der Waals surface area contributed by atoms with Crippen LogP contribution in [0.25, 0.3) is 0 Å². The first-order valence-electron chi connectivity index (χ1n) is 6.46. The number of nitrogens with one attached hydrogen (secondary N) is 1. The second-order valence-electron chi connectivity index (χ2n) is 4.39. The lowest BCUT2D eigenvalue weighted by molar-refractivity contribution is -0.384. The van der Waals surface area contributed by atoms with Gasteiger partial charge in [-0.15, -0.1) is 5.10 Å². The molecule has 9 nitrogen and oxygen atoms in total. The highest BCUT2D eigenvalue weighted by atomic mass is 32.2. The van der Waals surface area contributed by atoms with Gasteiger partial charge in [0.05, 0.1) is 4.92 Å². The second-order valence-corrected chi connectivity index (χ2v) is 5.45. The maximum absolute atomic E-state index is 11.8. The molecule has 0 atom stereocenters. The summed E-state index contributed by atoms with van der Waals surface area (Å²) in [6, 6.07) is 5.73. The lowest BCUT2D eigenvalue weighted by Gasteiger charge is -2.04. The summed E-state index contributed by atoms with van der Waals surface area (Å²) in [7, 11) is 1.75. The normalized spacial score (nSPS) is 10.4. The van der Waals surface area contributed by atoms with Crippen LogP contribution < -0.4 is 5.32 Å². The van der Waals surface area contributed by atoms with Crippen molar-refractivity contribution in [1.29, 1.82) is 0 Å². The Morgan fingerprint density at radius 3 is 2.73 bits per heavy atom. The highest BCUT2D eigenvalue weighted by molar-refractivity contribution is 7.99. The monoisotopic (exact) mass is 322 g/mol. The molecular formula is C12H14N6O3S. The summed E-state index contributed by atoms with van der Waals surface area (Å²) >= 11 is 1.48. The number of anilines is 1. The quantitative estimate of drug-likeness (QED) is 0.356. The number of non-ortho nitro benzene ring substituents is 1. The van der Waals surface area contributed by atoms with Crippen molar-refractivity contribution in [3.63, 3.8) is 0 Å². The molecule has 1 amide bonds. The van der Waals surface area contributed by atoms with Crippen molar-refractivity contribution in [3.05, 3.63) is 34.4 Å². The molecule has 1 heterocycles. The summed E-state index contributed by atoms with van der Waals surface area (Å²) in [5, 5.41) is 25.0. The highest BCUT2D eigenvalue weighted by Gasteiger charge is 2.07. The van der Waals surface area contributed by atoms with E-state index in [1.807, 2.05) is 0 Å². The van der Waals surface area contributed by atoms with Crippen LogP contribution in [-0.2, 0) is 11.8 Å². The molecule has 2 aromatic rings. The van der Waals surface area contributed by atoms with Gasteiger partial charge in [-0.3, -0.25) is 14.9 Å². The third-order valence-electron chi connectivity index (χ3n) is 2.72. The highest BCUT2D eigenvalue weighted by Crippen LogP contribution is 2.17. The molecule has 0 saturated heterocycles. The molecule has 0 aliphatic rings. The predicted molar refractivity (Wildman–Crippen MR) is 80.5 cm³/mol. The number of thioether (sulfide) groups is 1. The molecule has 1 aromatic carbocycles. The number of benzene rings is 1. The fraction of sp³-hybridized carbons (Fsp3) is 0.333. The first-order valence-corrected chi connectivity index (χ1v) is 7.44. The summed E-state index contributed by atoms with van der Waals surface area (Å²) in [5.41, 5.74) is 0.535. The van der Waals surface area contributed by atoms with Gasteiger partial charge < -0.3 is 5.32 Å². The van der Waals surface area contributed by atoms with Crippen molar-refractivity contribution in [1.82, 2.24) is 20.2 Å². The van der Waals surface area contributed by atoms with Crippen LogP contribution in [0, 0.1) is 10.1 Å². The van der Waals surface area contributed by atoms with Crippen molar-refractivity contribution in [2.24, 2.45) is 7.05 Å². The van der Waals surface area contributed by atoms with Crippen molar-refractivity contribution in [2.45, 2.75) is 18.0 Å². The van der Waals surface area contributed by atoms with E-state index >= 15 is 0 Å². The largest absolute Gasteiger partial charge is 0.326 e. The predicted octanol–water partition coefficient (Wildman–Crippen LogP) is 1.63. The van der Waals surface area contributed by atoms with Crippen LogP contribution in [0.15, 0.2) is 29.4 Å². The van der Waals surface area contributed by atoms with E-state index in [0.29, 0.717) is 23.7 Å². The number of nitro groups is 1. The van der Waals surface area contributed by atoms with E-state index in [2.05, 4.69) is 20.8 Å². The van der Waals surface area contributed by atoms with Gasteiger partial charge in [0, 0.05) is 37.0 Å². The van der Waals surface area contributed by atoms with E-state index in [4.69, 9.17) is 0 Å². The number of nitro benzene ring substituents is 1. The number of hydrogen-bond acceptors (Lipinski definition) is 7. The van der Waals surface area contributed by atoms with Crippen LogP contribution in [-0.4, -0.2) is 36.8 Å². The first-order chi connectivity index (χ1) is 10.6. The van der Waals surface area contributed by atoms with E-state index in [0.717, 1.165) is 5.75 Å². The van der Waals surface area contributed by atoms with Crippen LogP contribution >= 0.6 is 11.8 Å². The number of aromatic nitrogens is 4. The Bertz CT molecular complexity index is 657. The summed E-state index contributed by atoms with van der Waals surface area (Å²) in [4.78, 5) is 21.8. The molecule has 0 spiro atoms. The van der Waals surface area contributed by atoms with Gasteiger partial charge in [-0.1, -0.05) is 11.8 Å². The number of carbonyl (C=O) groups excluding carboxylic acids is 1. The summed E-state index contributed by atoms with van der Waals surface area (Å²) in [6.45, 7) is 0. The molecule has 0 aliphatic heterocycles. The lowest BCUT2D eigenvalue weighted by atomic mass is 10.2. The Hall–Kier alpha value is -2.49. The van der Waals surface area contributed by atoms with Gasteiger partial charge in [0.25, 0.3) is 5.69 Å². The summed E-state index contributed by atoms with van der Waals surface area (Å²) in [5.74, 6) is 0.590. The summed E-state index contributed by atoms with van der Waals surface area (Å²) < 4.78 is 1.57. The average Bonchev–Trinajstić information content (AvgIpc) is 2.89. The second kappa shape index (κ2) is 7.50. The zero-order valence-corrected chi connectivity index (χ0v) is 12.6. The van der Waals surface area contributed by atoms with E-state index in [1.54, 1.807) is 11.7 Å². The summed E-state index contributed by atoms with van der Waals surface area (Å²) in [6.07, 6.45) is 1.03. The van der Waals surface area contributed by atoms with E-state index in [1.165, 1.54) is 36.0 Å². The van der Waals surface area contributed by atoms with Gasteiger partial charge in [-0.05, 0) is 29.0 Å². The Morgan fingerprint density at radius 1 is 1.41 bits per heavy atom. The molecule has 0 bridgehead atoms. The van der Waals surface area contributed by atoms with Crippen LogP contribution in [0.4, 0.5) is 11.4 Å². The molecule has 2 rings (SSSR count). The number of aryl methyl sites for hydroxylation is 1. The van der Waals surface area contributed by atoms with Crippen molar-refractivity contribution in [3.8, 4) is 0 Å². The first kappa shape index (κ1) is 15.9. The van der Waals surface area contributed by atoms with E-state index < -0.39 is 4.92 Å². The molecule has 0 fully saturated rings. The number of hydrogen-bond donors (Lipinski definition) is 1. The Morgan fingerprint density at radius 2 is 2.14 bits per heavy atom. The molecule has 1 N–H and O–H groups in total. The van der Waals surface area contributed by atoms with E-state index in [-0.39, 0.29) is 11.6 Å². The smallest absolute Gasteiger partial charge is 0.269 e. The molecule has 0 saturated carbocycles. The fourth-order valence-corrected chi connectivity index (χ4v) is 2.42. The molecular weight excluding hydrogens is 308 g/mol. The Kier molecular flexibility index (Phi) is 5.42. The van der Waals surface area contributed by atoms with E-state index in [9.17, 15) is 14.9 Å². The SMILES string of the molecule is Cn1nnnc1SCCCC(=O)Nc1ccc([N+](=O)[O-])cc1. The average molecular weight is 322 g/mol. The molecule has 1 aromatic heterocycles. The molecule has 10 heteroatoms. The molecule has 116 valence electrons. The lowest BCUT2D eigenvalue weighted by Crippen LogP contribution is -2.11. The number of nitrogens with zero attached hydrogens (tertiary/aromatic N) is 5.